The zero-order valence-corrected chi connectivity index (χ0v) is 20.2. The standard InChI is InChI=1S/C24H27BrClN3O2/c1-3-4-16-28(22(30)10-7-15-26)17(2)23-27-21-9-6-5-8-20(21)24(31)29(23)19-13-11-18(25)12-14-19/h5-6,8-9,11-14,17H,3-4,7,10,15-16H2,1-2H3. The van der Waals surface area contributed by atoms with Gasteiger partial charge in [0.25, 0.3) is 5.56 Å². The molecule has 0 radical (unpaired) electrons. The lowest BCUT2D eigenvalue weighted by atomic mass is 10.1. The molecule has 164 valence electrons. The summed E-state index contributed by atoms with van der Waals surface area (Å²) < 4.78 is 2.56. The molecule has 0 aliphatic heterocycles. The van der Waals surface area contributed by atoms with Gasteiger partial charge in [0.1, 0.15) is 5.82 Å². The van der Waals surface area contributed by atoms with E-state index in [9.17, 15) is 9.59 Å². The van der Waals surface area contributed by atoms with Gasteiger partial charge in [0.05, 0.1) is 22.6 Å². The Labute approximate surface area is 196 Å². The number of unbranched alkanes of at least 4 members (excludes halogenated alkanes) is 1. The van der Waals surface area contributed by atoms with Gasteiger partial charge in [-0.05, 0) is 56.2 Å². The molecule has 3 rings (SSSR count). The van der Waals surface area contributed by atoms with E-state index in [-0.39, 0.29) is 17.5 Å². The molecule has 1 amide bonds. The summed E-state index contributed by atoms with van der Waals surface area (Å²) in [6.07, 6.45) is 2.86. The van der Waals surface area contributed by atoms with Gasteiger partial charge in [0.15, 0.2) is 0 Å². The smallest absolute Gasteiger partial charge is 0.266 e. The van der Waals surface area contributed by atoms with Crippen LogP contribution in [0.4, 0.5) is 0 Å². The van der Waals surface area contributed by atoms with Gasteiger partial charge in [0, 0.05) is 23.3 Å². The summed E-state index contributed by atoms with van der Waals surface area (Å²) in [6, 6.07) is 14.5. The van der Waals surface area contributed by atoms with E-state index < -0.39 is 0 Å². The molecule has 0 N–H and O–H groups in total. The van der Waals surface area contributed by atoms with Crippen LogP contribution < -0.4 is 5.56 Å². The molecule has 1 aromatic heterocycles. The van der Waals surface area contributed by atoms with Crippen molar-refractivity contribution >= 4 is 44.3 Å². The molecule has 2 aromatic carbocycles. The van der Waals surface area contributed by atoms with Gasteiger partial charge < -0.3 is 4.90 Å². The summed E-state index contributed by atoms with van der Waals surface area (Å²) in [5.41, 5.74) is 1.21. The quantitative estimate of drug-likeness (QED) is 0.343. The third-order valence-corrected chi connectivity index (χ3v) is 6.12. The van der Waals surface area contributed by atoms with Crippen molar-refractivity contribution in [3.05, 3.63) is 69.2 Å². The van der Waals surface area contributed by atoms with Crippen molar-refractivity contribution in [1.82, 2.24) is 14.5 Å². The maximum absolute atomic E-state index is 13.5. The molecule has 3 aromatic rings. The zero-order chi connectivity index (χ0) is 22.4. The Morgan fingerprint density at radius 3 is 2.55 bits per heavy atom. The molecule has 7 heteroatoms. The highest BCUT2D eigenvalue weighted by Crippen LogP contribution is 2.25. The van der Waals surface area contributed by atoms with Crippen molar-refractivity contribution in [2.45, 2.75) is 45.6 Å². The summed E-state index contributed by atoms with van der Waals surface area (Å²) in [6.45, 7) is 4.65. The van der Waals surface area contributed by atoms with Gasteiger partial charge >= 0.3 is 0 Å². The maximum Gasteiger partial charge on any atom is 0.266 e. The first-order chi connectivity index (χ1) is 15.0. The molecule has 5 nitrogen and oxygen atoms in total. The molecule has 1 heterocycles. The molecule has 0 saturated carbocycles. The Kier molecular flexibility index (Phi) is 8.27. The lowest BCUT2D eigenvalue weighted by Crippen LogP contribution is -2.38. The second kappa shape index (κ2) is 10.9. The highest BCUT2D eigenvalue weighted by atomic mass is 79.9. The number of aromatic nitrogens is 2. The molecule has 0 aliphatic rings. The molecule has 0 fully saturated rings. The molecular weight excluding hydrogens is 478 g/mol. The normalized spacial score (nSPS) is 12.1. The molecule has 31 heavy (non-hydrogen) atoms. The molecule has 1 unspecified atom stereocenters. The molecule has 0 aliphatic carbocycles. The Morgan fingerprint density at radius 2 is 1.87 bits per heavy atom. The van der Waals surface area contributed by atoms with Crippen LogP contribution in [0.5, 0.6) is 0 Å². The van der Waals surface area contributed by atoms with Gasteiger partial charge in [-0.15, -0.1) is 11.6 Å². The van der Waals surface area contributed by atoms with Gasteiger partial charge in [-0.3, -0.25) is 14.2 Å². The number of hydrogen-bond donors (Lipinski definition) is 0. The number of fused-ring (bicyclic) bond motifs is 1. The number of carbonyl (C=O) groups is 1. The van der Waals surface area contributed by atoms with E-state index in [0.717, 1.165) is 23.0 Å². The minimum Gasteiger partial charge on any atom is -0.333 e. The molecule has 0 bridgehead atoms. The number of benzene rings is 2. The lowest BCUT2D eigenvalue weighted by molar-refractivity contribution is -0.133. The van der Waals surface area contributed by atoms with Crippen LogP contribution >= 0.6 is 27.5 Å². The van der Waals surface area contributed by atoms with Crippen molar-refractivity contribution in [2.75, 3.05) is 12.4 Å². The summed E-state index contributed by atoms with van der Waals surface area (Å²) in [5.74, 6) is 1.03. The van der Waals surface area contributed by atoms with Crippen molar-refractivity contribution in [1.29, 1.82) is 0 Å². The number of rotatable bonds is 9. The Hall–Kier alpha value is -2.18. The largest absolute Gasteiger partial charge is 0.333 e. The minimum atomic E-state index is -0.365. The number of carbonyl (C=O) groups excluding carboxylic acids is 1. The van der Waals surface area contributed by atoms with Crippen molar-refractivity contribution < 1.29 is 4.79 Å². The third-order valence-electron chi connectivity index (χ3n) is 5.32. The van der Waals surface area contributed by atoms with Gasteiger partial charge in [0.2, 0.25) is 5.91 Å². The summed E-state index contributed by atoms with van der Waals surface area (Å²) in [7, 11) is 0. The Balaban J connectivity index is 2.17. The van der Waals surface area contributed by atoms with Crippen LogP contribution in [-0.4, -0.2) is 32.8 Å². The molecule has 1 atom stereocenters. The van der Waals surface area contributed by atoms with Crippen LogP contribution in [0.1, 0.15) is 51.4 Å². The first-order valence-electron chi connectivity index (χ1n) is 10.6. The monoisotopic (exact) mass is 503 g/mol. The second-order valence-electron chi connectivity index (χ2n) is 7.51. The third kappa shape index (κ3) is 5.36. The summed E-state index contributed by atoms with van der Waals surface area (Å²) in [5, 5.41) is 0.551. The second-order valence-corrected chi connectivity index (χ2v) is 8.81. The fraction of sp³-hybridized carbons (Fsp3) is 0.375. The zero-order valence-electron chi connectivity index (χ0n) is 17.9. The number of hydrogen-bond acceptors (Lipinski definition) is 3. The molecule has 0 saturated heterocycles. The predicted octanol–water partition coefficient (Wildman–Crippen LogP) is 5.86. The van der Waals surface area contributed by atoms with E-state index in [0.29, 0.717) is 42.0 Å². The first kappa shape index (κ1) is 23.5. The van der Waals surface area contributed by atoms with Crippen LogP contribution in [-0.2, 0) is 4.79 Å². The van der Waals surface area contributed by atoms with E-state index in [1.54, 1.807) is 10.6 Å². The van der Waals surface area contributed by atoms with Gasteiger partial charge in [-0.25, -0.2) is 4.98 Å². The fourth-order valence-corrected chi connectivity index (χ4v) is 4.03. The molecule has 0 spiro atoms. The number of para-hydroxylation sites is 1. The average Bonchev–Trinajstić information content (AvgIpc) is 2.78. The number of amides is 1. The number of nitrogens with zero attached hydrogens (tertiary/aromatic N) is 3. The van der Waals surface area contributed by atoms with Crippen LogP contribution in [0.2, 0.25) is 0 Å². The van der Waals surface area contributed by atoms with Crippen LogP contribution in [0.15, 0.2) is 57.8 Å². The Bertz CT molecular complexity index is 1100. The van der Waals surface area contributed by atoms with Gasteiger partial charge in [-0.1, -0.05) is 41.4 Å². The van der Waals surface area contributed by atoms with Crippen LogP contribution in [0, 0.1) is 0 Å². The van der Waals surface area contributed by atoms with Crippen molar-refractivity contribution in [3.63, 3.8) is 0 Å². The minimum absolute atomic E-state index is 0.0337. The molecular formula is C24H27BrClN3O2. The van der Waals surface area contributed by atoms with E-state index in [1.165, 1.54) is 0 Å². The average molecular weight is 505 g/mol. The first-order valence-corrected chi connectivity index (χ1v) is 11.9. The van der Waals surface area contributed by atoms with Crippen LogP contribution in [0.25, 0.3) is 16.6 Å². The highest BCUT2D eigenvalue weighted by Gasteiger charge is 2.26. The number of alkyl halides is 1. The van der Waals surface area contributed by atoms with E-state index in [4.69, 9.17) is 16.6 Å². The Morgan fingerprint density at radius 1 is 1.16 bits per heavy atom. The predicted molar refractivity (Wildman–Crippen MR) is 130 cm³/mol. The SMILES string of the molecule is CCCCN(C(=O)CCCCl)C(C)c1nc2ccccc2c(=O)n1-c1ccc(Br)cc1. The topological polar surface area (TPSA) is 55.2 Å². The van der Waals surface area contributed by atoms with E-state index in [1.807, 2.05) is 54.3 Å². The summed E-state index contributed by atoms with van der Waals surface area (Å²) in [4.78, 5) is 33.2. The van der Waals surface area contributed by atoms with Gasteiger partial charge in [-0.2, -0.15) is 0 Å². The van der Waals surface area contributed by atoms with Crippen LogP contribution in [0.3, 0.4) is 0 Å². The highest BCUT2D eigenvalue weighted by molar-refractivity contribution is 9.10. The number of halogens is 2. The maximum atomic E-state index is 13.5. The van der Waals surface area contributed by atoms with E-state index in [2.05, 4.69) is 22.9 Å². The lowest BCUT2D eigenvalue weighted by Gasteiger charge is -2.30. The van der Waals surface area contributed by atoms with E-state index >= 15 is 0 Å². The van der Waals surface area contributed by atoms with Crippen molar-refractivity contribution in [2.24, 2.45) is 0 Å². The summed E-state index contributed by atoms with van der Waals surface area (Å²) >= 11 is 9.27. The fourth-order valence-electron chi connectivity index (χ4n) is 3.63. The van der Waals surface area contributed by atoms with Crippen molar-refractivity contribution in [3.8, 4) is 5.69 Å².